The molecule has 122 valence electrons. The first kappa shape index (κ1) is 15.1. The Morgan fingerprint density at radius 1 is 1.35 bits per heavy atom. The maximum absolute atomic E-state index is 12.4. The van der Waals surface area contributed by atoms with Crippen LogP contribution in [0.15, 0.2) is 0 Å². The van der Waals surface area contributed by atoms with E-state index in [9.17, 15) is 10.1 Å². The Balaban J connectivity index is 1.38. The summed E-state index contributed by atoms with van der Waals surface area (Å²) >= 11 is 1.49. The highest BCUT2D eigenvalue weighted by molar-refractivity contribution is 7.16. The van der Waals surface area contributed by atoms with Crippen molar-refractivity contribution in [2.45, 2.75) is 38.9 Å². The van der Waals surface area contributed by atoms with Crippen LogP contribution in [0.4, 0.5) is 5.00 Å². The van der Waals surface area contributed by atoms with Crippen molar-refractivity contribution in [1.29, 1.82) is 5.26 Å². The molecular weight excluding hydrogens is 310 g/mol. The quantitative estimate of drug-likeness (QED) is 0.923. The summed E-state index contributed by atoms with van der Waals surface area (Å²) in [4.78, 5) is 15.7. The predicted molar refractivity (Wildman–Crippen MR) is 88.5 cm³/mol. The summed E-state index contributed by atoms with van der Waals surface area (Å²) in [5, 5.41) is 12.9. The summed E-state index contributed by atoms with van der Waals surface area (Å²) in [6, 6.07) is 2.20. The van der Waals surface area contributed by atoms with Crippen molar-refractivity contribution < 1.29 is 9.53 Å². The van der Waals surface area contributed by atoms with Gasteiger partial charge in [0.25, 0.3) is 0 Å². The van der Waals surface area contributed by atoms with Crippen molar-refractivity contribution in [3.05, 3.63) is 16.0 Å². The topological polar surface area (TPSA) is 65.4 Å². The van der Waals surface area contributed by atoms with Crippen molar-refractivity contribution in [3.8, 4) is 6.07 Å². The van der Waals surface area contributed by atoms with Gasteiger partial charge in [-0.05, 0) is 32.3 Å². The van der Waals surface area contributed by atoms with Gasteiger partial charge in [-0.2, -0.15) is 5.26 Å². The third kappa shape index (κ3) is 2.47. The van der Waals surface area contributed by atoms with Crippen LogP contribution in [0.2, 0.25) is 0 Å². The number of thiophene rings is 1. The first-order chi connectivity index (χ1) is 11.1. The number of aryl methyl sites for hydroxylation is 1. The van der Waals surface area contributed by atoms with Crippen molar-refractivity contribution in [2.24, 2.45) is 11.8 Å². The van der Waals surface area contributed by atoms with Gasteiger partial charge in [-0.1, -0.05) is 0 Å². The minimum atomic E-state index is -0.0176. The normalized spacial score (nSPS) is 32.0. The van der Waals surface area contributed by atoms with Crippen LogP contribution < -0.4 is 5.32 Å². The van der Waals surface area contributed by atoms with Gasteiger partial charge >= 0.3 is 0 Å². The molecule has 0 spiro atoms. The highest BCUT2D eigenvalue weighted by atomic mass is 32.1. The van der Waals surface area contributed by atoms with Crippen LogP contribution in [0.25, 0.3) is 0 Å². The Hall–Kier alpha value is -1.42. The van der Waals surface area contributed by atoms with E-state index in [0.717, 1.165) is 23.5 Å². The summed E-state index contributed by atoms with van der Waals surface area (Å²) in [5.41, 5.74) is 1.57. The second-order valence-electron chi connectivity index (χ2n) is 6.96. The van der Waals surface area contributed by atoms with Gasteiger partial charge in [0.1, 0.15) is 11.1 Å². The maximum atomic E-state index is 12.4. The lowest BCUT2D eigenvalue weighted by Gasteiger charge is -2.18. The Morgan fingerprint density at radius 3 is 2.61 bits per heavy atom. The number of hydrogen-bond donors (Lipinski definition) is 1. The number of hydrogen-bond acceptors (Lipinski definition) is 5. The molecule has 3 saturated heterocycles. The SMILES string of the molecule is Cc1sc(NC(=O)CN2C[C@H]3[C@H](C2)[C@H]2CC[C@H]3O2)c(C#N)c1C. The zero-order valence-corrected chi connectivity index (χ0v) is 14.3. The van der Waals surface area contributed by atoms with Crippen LogP contribution in [-0.4, -0.2) is 42.6 Å². The molecule has 1 aromatic heterocycles. The van der Waals surface area contributed by atoms with Crippen molar-refractivity contribution >= 4 is 22.2 Å². The Bertz CT molecular complexity index is 675. The smallest absolute Gasteiger partial charge is 0.239 e. The second-order valence-corrected chi connectivity index (χ2v) is 8.18. The highest BCUT2D eigenvalue weighted by Crippen LogP contribution is 2.47. The Labute approximate surface area is 140 Å². The summed E-state index contributed by atoms with van der Waals surface area (Å²) in [6.45, 7) is 6.25. The van der Waals surface area contributed by atoms with Crippen molar-refractivity contribution in [1.82, 2.24) is 4.90 Å². The lowest BCUT2D eigenvalue weighted by atomic mass is 9.82. The number of anilines is 1. The van der Waals surface area contributed by atoms with Gasteiger partial charge in [-0.3, -0.25) is 9.69 Å². The fourth-order valence-electron chi connectivity index (χ4n) is 4.40. The van der Waals surface area contributed by atoms with Gasteiger partial charge in [0.05, 0.1) is 24.3 Å². The zero-order valence-electron chi connectivity index (χ0n) is 13.5. The largest absolute Gasteiger partial charge is 0.374 e. The summed E-state index contributed by atoms with van der Waals surface area (Å²) in [6.07, 6.45) is 3.22. The molecule has 0 aromatic carbocycles. The molecular formula is C17H21N3O2S. The molecule has 0 radical (unpaired) electrons. The minimum absolute atomic E-state index is 0.0176. The van der Waals surface area contributed by atoms with Crippen LogP contribution >= 0.6 is 11.3 Å². The van der Waals surface area contributed by atoms with Gasteiger partial charge in [-0.15, -0.1) is 11.3 Å². The number of likely N-dealkylation sites (tertiary alicyclic amines) is 1. The van der Waals surface area contributed by atoms with E-state index >= 15 is 0 Å². The first-order valence-corrected chi connectivity index (χ1v) is 9.06. The molecule has 0 aliphatic carbocycles. The number of fused-ring (bicyclic) bond motifs is 5. The third-order valence-corrected chi connectivity index (χ3v) is 6.77. The van der Waals surface area contributed by atoms with Crippen LogP contribution in [0.1, 0.15) is 28.8 Å². The number of ether oxygens (including phenoxy) is 1. The highest BCUT2D eigenvalue weighted by Gasteiger charge is 2.52. The molecule has 0 unspecified atom stereocenters. The van der Waals surface area contributed by atoms with Gasteiger partial charge < -0.3 is 10.1 Å². The Kier molecular flexibility index (Phi) is 3.67. The summed E-state index contributed by atoms with van der Waals surface area (Å²) in [5.74, 6) is 1.21. The van der Waals surface area contributed by atoms with E-state index in [1.807, 2.05) is 13.8 Å². The number of amides is 1. The van der Waals surface area contributed by atoms with Crippen LogP contribution in [0.5, 0.6) is 0 Å². The summed E-state index contributed by atoms with van der Waals surface area (Å²) in [7, 11) is 0. The number of carbonyl (C=O) groups excluding carboxylic acids is 1. The predicted octanol–water partition coefficient (Wildman–Crippen LogP) is 2.28. The van der Waals surface area contributed by atoms with E-state index in [1.165, 1.54) is 24.2 Å². The molecule has 3 fully saturated rings. The molecule has 3 aliphatic rings. The second kappa shape index (κ2) is 5.59. The Morgan fingerprint density at radius 2 is 2.00 bits per heavy atom. The molecule has 4 rings (SSSR count). The fraction of sp³-hybridized carbons (Fsp3) is 0.647. The molecule has 1 amide bonds. The number of rotatable bonds is 3. The number of nitriles is 1. The van der Waals surface area contributed by atoms with Gasteiger partial charge in [0.15, 0.2) is 0 Å². The average Bonchev–Trinajstić information content (AvgIpc) is 3.22. The first-order valence-electron chi connectivity index (χ1n) is 8.24. The monoisotopic (exact) mass is 331 g/mol. The zero-order chi connectivity index (χ0) is 16.1. The number of nitrogens with zero attached hydrogens (tertiary/aromatic N) is 2. The molecule has 4 heterocycles. The van der Waals surface area contributed by atoms with Crippen LogP contribution in [-0.2, 0) is 9.53 Å². The molecule has 2 bridgehead atoms. The van der Waals surface area contributed by atoms with E-state index in [2.05, 4.69) is 16.3 Å². The molecule has 6 heteroatoms. The standard InChI is InChI=1S/C17H21N3O2S/c1-9-10(2)23-17(11(9)5-18)19-16(21)8-20-6-12-13(7-20)15-4-3-14(12)22-15/h12-15H,3-4,6-8H2,1-2H3,(H,19,21)/t12-,13-,14+,15+/m0/s1. The lowest BCUT2D eigenvalue weighted by Crippen LogP contribution is -2.33. The van der Waals surface area contributed by atoms with Gasteiger partial charge in [0, 0.05) is 29.8 Å². The number of nitrogens with one attached hydrogen (secondary N) is 1. The van der Waals surface area contributed by atoms with Crippen molar-refractivity contribution in [2.75, 3.05) is 25.0 Å². The molecule has 23 heavy (non-hydrogen) atoms. The molecule has 5 nitrogen and oxygen atoms in total. The molecule has 1 aromatic rings. The summed E-state index contributed by atoms with van der Waals surface area (Å²) < 4.78 is 5.97. The minimum Gasteiger partial charge on any atom is -0.374 e. The molecule has 0 saturated carbocycles. The van der Waals surface area contributed by atoms with Crippen LogP contribution in [0.3, 0.4) is 0 Å². The average molecular weight is 331 g/mol. The third-order valence-electron chi connectivity index (χ3n) is 5.65. The molecule has 3 aliphatic heterocycles. The van der Waals surface area contributed by atoms with E-state index in [-0.39, 0.29) is 5.91 Å². The maximum Gasteiger partial charge on any atom is 0.239 e. The fourth-order valence-corrected chi connectivity index (χ4v) is 5.42. The van der Waals surface area contributed by atoms with E-state index in [1.54, 1.807) is 0 Å². The molecule has 4 atom stereocenters. The van der Waals surface area contributed by atoms with E-state index in [4.69, 9.17) is 4.74 Å². The van der Waals surface area contributed by atoms with E-state index in [0.29, 0.717) is 41.2 Å². The van der Waals surface area contributed by atoms with Crippen molar-refractivity contribution in [3.63, 3.8) is 0 Å². The van der Waals surface area contributed by atoms with E-state index < -0.39 is 0 Å². The van der Waals surface area contributed by atoms with Gasteiger partial charge in [0.2, 0.25) is 5.91 Å². The van der Waals surface area contributed by atoms with Gasteiger partial charge in [-0.25, -0.2) is 0 Å². The van der Waals surface area contributed by atoms with Crippen LogP contribution in [0, 0.1) is 37.0 Å². The lowest BCUT2D eigenvalue weighted by molar-refractivity contribution is -0.117. The molecule has 1 N–H and O–H groups in total. The number of carbonyl (C=O) groups is 1.